The third kappa shape index (κ3) is 3.27. The highest BCUT2D eigenvalue weighted by Crippen LogP contribution is 2.61. The Morgan fingerprint density at radius 1 is 1.19 bits per heavy atom. The molecule has 8 heteroatoms. The molecule has 0 aliphatic heterocycles. The van der Waals surface area contributed by atoms with Crippen molar-refractivity contribution in [1.29, 1.82) is 0 Å². The number of phenolic OH excluding ortho intramolecular Hbond substituents is 1. The zero-order valence-electron chi connectivity index (χ0n) is 18.5. The molecule has 3 aliphatic carbocycles. The van der Waals surface area contributed by atoms with Crippen molar-refractivity contribution in [2.45, 2.75) is 62.5 Å². The number of aromatic nitrogens is 1. The lowest BCUT2D eigenvalue weighted by Crippen LogP contribution is -2.45. The maximum Gasteiger partial charge on any atom is 0.355 e. The number of phenols is 1. The second kappa shape index (κ2) is 7.35. The van der Waals surface area contributed by atoms with E-state index in [9.17, 15) is 18.3 Å². The van der Waals surface area contributed by atoms with Gasteiger partial charge in [-0.05, 0) is 91.7 Å². The molecular weight excluding hydrogens is 428 g/mol. The molecule has 0 radical (unpaired) electrons. The Hall–Kier alpha value is -2.32. The second-order valence-corrected chi connectivity index (χ2v) is 11.5. The predicted molar refractivity (Wildman–Crippen MR) is 119 cm³/mol. The number of hydrogen-bond donors (Lipinski definition) is 2. The highest BCUT2D eigenvalue weighted by Gasteiger charge is 2.56. The van der Waals surface area contributed by atoms with Crippen LogP contribution in [-0.2, 0) is 28.2 Å². The van der Waals surface area contributed by atoms with Gasteiger partial charge in [-0.1, -0.05) is 13.0 Å². The van der Waals surface area contributed by atoms with E-state index in [2.05, 4.69) is 13.0 Å². The Bertz CT molecular complexity index is 1190. The molecule has 0 saturated heterocycles. The lowest BCUT2D eigenvalue weighted by Gasteiger charge is -2.50. The molecule has 2 saturated carbocycles. The van der Waals surface area contributed by atoms with Crippen LogP contribution < -0.4 is 5.14 Å². The molecule has 2 aromatic rings. The Kier molecular flexibility index (Phi) is 4.94. The summed E-state index contributed by atoms with van der Waals surface area (Å²) in [5.74, 6) is 1.37. The van der Waals surface area contributed by atoms with Crippen LogP contribution in [0.3, 0.4) is 0 Å². The summed E-state index contributed by atoms with van der Waals surface area (Å²) in [5, 5.41) is 15.0. The topological polar surface area (TPSA) is 112 Å². The fourth-order valence-electron chi connectivity index (χ4n) is 6.89. The van der Waals surface area contributed by atoms with Crippen molar-refractivity contribution in [2.75, 3.05) is 0 Å². The number of carbonyl (C=O) groups excluding carboxylic acids is 1. The molecule has 0 bridgehead atoms. The highest BCUT2D eigenvalue weighted by atomic mass is 32.2. The van der Waals surface area contributed by atoms with Crippen LogP contribution >= 0.6 is 0 Å². The second-order valence-electron chi connectivity index (χ2n) is 9.98. The van der Waals surface area contributed by atoms with Gasteiger partial charge in [0, 0.05) is 12.5 Å². The fraction of sp³-hybridized carbons (Fsp3) is 0.542. The summed E-state index contributed by atoms with van der Waals surface area (Å²) in [4.78, 5) is 13.0. The molecule has 3 N–H and O–H groups in total. The molecule has 3 unspecified atom stereocenters. The van der Waals surface area contributed by atoms with E-state index in [-0.39, 0.29) is 22.2 Å². The van der Waals surface area contributed by atoms with Gasteiger partial charge in [0.15, 0.2) is 5.03 Å². The van der Waals surface area contributed by atoms with Gasteiger partial charge >= 0.3 is 5.97 Å². The first kappa shape index (κ1) is 21.5. The van der Waals surface area contributed by atoms with Gasteiger partial charge in [-0.25, -0.2) is 18.4 Å². The first-order chi connectivity index (χ1) is 15.1. The fourth-order valence-corrected chi connectivity index (χ4v) is 7.62. The molecule has 5 atom stereocenters. The smallest absolute Gasteiger partial charge is 0.355 e. The summed E-state index contributed by atoms with van der Waals surface area (Å²) in [6, 6.07) is 8.60. The minimum absolute atomic E-state index is 0.0841. The summed E-state index contributed by atoms with van der Waals surface area (Å²) >= 11 is 0. The van der Waals surface area contributed by atoms with Crippen LogP contribution in [0.5, 0.6) is 5.75 Å². The molecule has 0 amide bonds. The molecule has 0 spiro atoms. The third-order valence-electron chi connectivity index (χ3n) is 8.45. The molecule has 7 nitrogen and oxygen atoms in total. The summed E-state index contributed by atoms with van der Waals surface area (Å²) in [6.07, 6.45) is 5.76. The maximum absolute atomic E-state index is 13.0. The summed E-state index contributed by atoms with van der Waals surface area (Å²) in [6.45, 7) is 2.26. The average molecular weight is 459 g/mol. The van der Waals surface area contributed by atoms with Crippen LogP contribution in [0.1, 0.15) is 66.6 Å². The zero-order valence-corrected chi connectivity index (χ0v) is 19.3. The van der Waals surface area contributed by atoms with Gasteiger partial charge in [-0.2, -0.15) is 0 Å². The average Bonchev–Trinajstić information content (AvgIpc) is 3.27. The van der Waals surface area contributed by atoms with E-state index in [1.54, 1.807) is 6.07 Å². The van der Waals surface area contributed by atoms with Crippen molar-refractivity contribution in [1.82, 2.24) is 4.57 Å². The summed E-state index contributed by atoms with van der Waals surface area (Å²) in [7, 11) is -2.39. The van der Waals surface area contributed by atoms with Crippen molar-refractivity contribution in [2.24, 2.45) is 29.4 Å². The third-order valence-corrected chi connectivity index (χ3v) is 9.44. The zero-order chi connectivity index (χ0) is 22.8. The number of primary sulfonamides is 1. The van der Waals surface area contributed by atoms with Crippen LogP contribution in [0.15, 0.2) is 35.4 Å². The van der Waals surface area contributed by atoms with Crippen LogP contribution in [0.2, 0.25) is 0 Å². The molecule has 1 heterocycles. The van der Waals surface area contributed by atoms with E-state index < -0.39 is 16.0 Å². The van der Waals surface area contributed by atoms with Crippen molar-refractivity contribution in [3.8, 4) is 5.75 Å². The molecule has 3 aliphatic rings. The van der Waals surface area contributed by atoms with Crippen LogP contribution in [0.25, 0.3) is 0 Å². The Morgan fingerprint density at radius 3 is 2.69 bits per heavy atom. The number of hydrogen-bond acceptors (Lipinski definition) is 5. The number of carbonyl (C=O) groups is 1. The number of ether oxygens (including phenoxy) is 1. The van der Waals surface area contributed by atoms with E-state index in [1.165, 1.54) is 34.9 Å². The number of benzene rings is 1. The molecule has 1 aromatic carbocycles. The van der Waals surface area contributed by atoms with E-state index in [4.69, 9.17) is 9.88 Å². The van der Waals surface area contributed by atoms with Crippen molar-refractivity contribution < 1.29 is 23.1 Å². The van der Waals surface area contributed by atoms with Crippen LogP contribution in [0.4, 0.5) is 0 Å². The minimum Gasteiger partial charge on any atom is -0.508 e. The van der Waals surface area contributed by atoms with Gasteiger partial charge in [0.05, 0.1) is 0 Å². The summed E-state index contributed by atoms with van der Waals surface area (Å²) in [5.41, 5.74) is 2.76. The van der Waals surface area contributed by atoms with Gasteiger partial charge in [0.25, 0.3) is 10.0 Å². The molecule has 1 aromatic heterocycles. The van der Waals surface area contributed by atoms with Crippen molar-refractivity contribution >= 4 is 16.0 Å². The number of rotatable bonds is 3. The lowest BCUT2D eigenvalue weighted by molar-refractivity contribution is -0.0433. The quantitative estimate of drug-likeness (QED) is 0.684. The first-order valence-corrected chi connectivity index (χ1v) is 12.9. The number of nitrogens with zero attached hydrogens (tertiary/aromatic N) is 1. The van der Waals surface area contributed by atoms with Gasteiger partial charge in [0.2, 0.25) is 0 Å². The molecular formula is C24H30N2O5S. The standard InChI is InChI=1S/C24H30N2O5S/c1-24-12-11-17-16-6-4-15(27)13-14(16)3-5-18(17)19(24)7-9-21(24)31-23(28)20-8-10-22(26(20)2)32(25,29)30/h4,6,8,10,13,17-19,21,27H,3,5,7,9,11-12H2,1-2H3,(H2,25,29,30)/t17?,18?,19?,21-,24-/m0/s1. The highest BCUT2D eigenvalue weighted by molar-refractivity contribution is 7.89. The van der Waals surface area contributed by atoms with Crippen molar-refractivity contribution in [3.63, 3.8) is 0 Å². The summed E-state index contributed by atoms with van der Waals surface area (Å²) < 4.78 is 30.7. The number of sulfonamides is 1. The Morgan fingerprint density at radius 2 is 1.97 bits per heavy atom. The van der Waals surface area contributed by atoms with E-state index in [1.807, 2.05) is 6.07 Å². The van der Waals surface area contributed by atoms with Crippen LogP contribution in [0, 0.1) is 17.3 Å². The molecule has 32 heavy (non-hydrogen) atoms. The van der Waals surface area contributed by atoms with E-state index in [0.717, 1.165) is 38.5 Å². The van der Waals surface area contributed by atoms with Crippen LogP contribution in [-0.4, -0.2) is 30.2 Å². The number of esters is 1. The minimum atomic E-state index is -3.91. The van der Waals surface area contributed by atoms with E-state index in [0.29, 0.717) is 23.5 Å². The Balaban J connectivity index is 1.36. The Labute approximate surface area is 188 Å². The molecule has 5 rings (SSSR count). The SMILES string of the molecule is Cn1c(C(=O)O[C@H]2CCC3C4CCc5cc(O)ccc5C4CC[C@@]32C)ccc1S(N)(=O)=O. The first-order valence-electron chi connectivity index (χ1n) is 11.3. The lowest BCUT2D eigenvalue weighted by atomic mass is 9.55. The maximum atomic E-state index is 13.0. The van der Waals surface area contributed by atoms with Gasteiger partial charge in [-0.3, -0.25) is 0 Å². The van der Waals surface area contributed by atoms with Crippen molar-refractivity contribution in [3.05, 3.63) is 47.2 Å². The largest absolute Gasteiger partial charge is 0.508 e. The van der Waals surface area contributed by atoms with Gasteiger partial charge in [-0.15, -0.1) is 0 Å². The van der Waals surface area contributed by atoms with Gasteiger partial charge in [0.1, 0.15) is 17.5 Å². The number of aromatic hydroxyl groups is 1. The molecule has 2 fully saturated rings. The normalized spacial score (nSPS) is 31.5. The number of aryl methyl sites for hydroxylation is 1. The number of nitrogens with two attached hydrogens (primary N) is 1. The molecule has 172 valence electrons. The predicted octanol–water partition coefficient (Wildman–Crippen LogP) is 3.46. The van der Waals surface area contributed by atoms with Gasteiger partial charge < -0.3 is 14.4 Å². The monoisotopic (exact) mass is 458 g/mol. The number of fused-ring (bicyclic) bond motifs is 5. The van der Waals surface area contributed by atoms with E-state index >= 15 is 0 Å².